The summed E-state index contributed by atoms with van der Waals surface area (Å²) in [7, 11) is 2.58. The van der Waals surface area contributed by atoms with E-state index in [2.05, 4.69) is 24.8 Å². The van der Waals surface area contributed by atoms with Crippen LogP contribution in [0.2, 0.25) is 0 Å². The SMILES string of the molecule is CSCCC(NC(=O)c1ccccc1)c1nnc([C@](C)(N)CP)o1. The quantitative estimate of drug-likeness (QED) is 0.697. The summed E-state index contributed by atoms with van der Waals surface area (Å²) in [5.41, 5.74) is 6.03. The first-order chi connectivity index (χ1) is 11.5. The maximum atomic E-state index is 12.4. The van der Waals surface area contributed by atoms with Gasteiger partial charge in [-0.3, -0.25) is 4.79 Å². The highest BCUT2D eigenvalue weighted by molar-refractivity contribution is 7.98. The Kier molecular flexibility index (Phi) is 6.78. The van der Waals surface area contributed by atoms with Gasteiger partial charge in [0.25, 0.3) is 5.91 Å². The highest BCUT2D eigenvalue weighted by Crippen LogP contribution is 2.23. The molecule has 2 unspecified atom stereocenters. The Hall–Kier alpha value is -1.43. The fraction of sp³-hybridized carbons (Fsp3) is 0.438. The second kappa shape index (κ2) is 8.60. The van der Waals surface area contributed by atoms with Crippen LogP contribution in [-0.2, 0) is 5.54 Å². The van der Waals surface area contributed by atoms with Gasteiger partial charge in [0.2, 0.25) is 11.8 Å². The molecule has 0 saturated heterocycles. The van der Waals surface area contributed by atoms with Crippen LogP contribution in [0.5, 0.6) is 0 Å². The fourth-order valence-corrected chi connectivity index (χ4v) is 2.66. The van der Waals surface area contributed by atoms with E-state index in [1.54, 1.807) is 23.9 Å². The summed E-state index contributed by atoms with van der Waals surface area (Å²) in [4.78, 5) is 12.4. The first-order valence-electron chi connectivity index (χ1n) is 7.65. The number of hydrogen-bond donors (Lipinski definition) is 2. The molecule has 24 heavy (non-hydrogen) atoms. The number of nitrogens with zero attached hydrogens (tertiary/aromatic N) is 2. The molecule has 130 valence electrons. The van der Waals surface area contributed by atoms with Crippen LogP contribution in [0.1, 0.15) is 41.5 Å². The zero-order chi connectivity index (χ0) is 17.6. The number of rotatable bonds is 8. The van der Waals surface area contributed by atoms with Crippen molar-refractivity contribution in [1.82, 2.24) is 15.5 Å². The first kappa shape index (κ1) is 18.9. The van der Waals surface area contributed by atoms with Gasteiger partial charge in [0.1, 0.15) is 6.04 Å². The van der Waals surface area contributed by atoms with Crippen LogP contribution in [0.15, 0.2) is 34.7 Å². The van der Waals surface area contributed by atoms with Gasteiger partial charge in [-0.1, -0.05) is 18.2 Å². The first-order valence-corrected chi connectivity index (χ1v) is 9.86. The van der Waals surface area contributed by atoms with Crippen LogP contribution in [0, 0.1) is 0 Å². The zero-order valence-electron chi connectivity index (χ0n) is 13.9. The van der Waals surface area contributed by atoms with E-state index in [0.717, 1.165) is 5.75 Å². The average Bonchev–Trinajstić information content (AvgIpc) is 3.10. The van der Waals surface area contributed by atoms with Gasteiger partial charge in [-0.05, 0) is 43.6 Å². The molecule has 8 heteroatoms. The number of hydrogen-bond acceptors (Lipinski definition) is 6. The van der Waals surface area contributed by atoms with Crippen molar-refractivity contribution in [1.29, 1.82) is 0 Å². The lowest BCUT2D eigenvalue weighted by Gasteiger charge is -2.18. The van der Waals surface area contributed by atoms with Crippen LogP contribution in [0.4, 0.5) is 0 Å². The highest BCUT2D eigenvalue weighted by atomic mass is 32.2. The van der Waals surface area contributed by atoms with Gasteiger partial charge >= 0.3 is 0 Å². The molecule has 0 fully saturated rings. The third-order valence-electron chi connectivity index (χ3n) is 3.60. The minimum absolute atomic E-state index is 0.164. The lowest BCUT2D eigenvalue weighted by Crippen LogP contribution is -2.35. The fourth-order valence-electron chi connectivity index (χ4n) is 2.02. The molecule has 0 radical (unpaired) electrons. The minimum atomic E-state index is -0.705. The van der Waals surface area contributed by atoms with Crippen LogP contribution >= 0.6 is 21.0 Å². The van der Waals surface area contributed by atoms with E-state index in [0.29, 0.717) is 29.9 Å². The Labute approximate surface area is 148 Å². The Morgan fingerprint density at radius 3 is 2.75 bits per heavy atom. The van der Waals surface area contributed by atoms with Crippen LogP contribution in [0.3, 0.4) is 0 Å². The van der Waals surface area contributed by atoms with E-state index in [9.17, 15) is 4.79 Å². The normalized spacial score (nSPS) is 14.8. The molecule has 1 aromatic carbocycles. The third kappa shape index (κ3) is 4.79. The Morgan fingerprint density at radius 2 is 2.12 bits per heavy atom. The lowest BCUT2D eigenvalue weighted by molar-refractivity contribution is 0.0928. The predicted molar refractivity (Wildman–Crippen MR) is 100 cm³/mol. The molecule has 2 aromatic rings. The van der Waals surface area contributed by atoms with Crippen LogP contribution in [-0.4, -0.2) is 34.3 Å². The molecule has 0 bridgehead atoms. The van der Waals surface area contributed by atoms with Crippen molar-refractivity contribution in [2.24, 2.45) is 5.73 Å². The summed E-state index contributed by atoms with van der Waals surface area (Å²) < 4.78 is 5.75. The molecule has 1 amide bonds. The average molecular weight is 366 g/mol. The number of benzene rings is 1. The summed E-state index contributed by atoms with van der Waals surface area (Å²) in [6.45, 7) is 1.83. The molecule has 2 rings (SSSR count). The number of aromatic nitrogens is 2. The maximum absolute atomic E-state index is 12.4. The topological polar surface area (TPSA) is 94.0 Å². The van der Waals surface area contributed by atoms with E-state index < -0.39 is 5.54 Å². The number of nitrogens with one attached hydrogen (secondary N) is 1. The molecule has 6 nitrogen and oxygen atoms in total. The van der Waals surface area contributed by atoms with E-state index in [-0.39, 0.29) is 11.9 Å². The molecular weight excluding hydrogens is 343 g/mol. The Morgan fingerprint density at radius 1 is 1.42 bits per heavy atom. The minimum Gasteiger partial charge on any atom is -0.421 e. The standard InChI is InChI=1S/C16H23N4O2PS/c1-16(17,10-23)15-20-19-14(22-15)12(8-9-24-2)18-13(21)11-6-4-3-5-7-11/h3-7,12H,8-10,17,23H2,1-2H3,(H,18,21)/t12?,16-/m1/s1. The molecule has 0 aliphatic carbocycles. The number of amides is 1. The number of thioether (sulfide) groups is 1. The van der Waals surface area contributed by atoms with E-state index in [4.69, 9.17) is 10.2 Å². The molecule has 1 heterocycles. The monoisotopic (exact) mass is 366 g/mol. The summed E-state index contributed by atoms with van der Waals surface area (Å²) in [6, 6.07) is 8.73. The van der Waals surface area contributed by atoms with Crippen molar-refractivity contribution in [2.75, 3.05) is 18.2 Å². The maximum Gasteiger partial charge on any atom is 0.251 e. The Balaban J connectivity index is 2.18. The molecule has 0 aliphatic heterocycles. The summed E-state index contributed by atoms with van der Waals surface area (Å²) in [5.74, 6) is 1.46. The van der Waals surface area contributed by atoms with Gasteiger partial charge in [-0.25, -0.2) is 0 Å². The van der Waals surface area contributed by atoms with Gasteiger partial charge in [-0.2, -0.15) is 11.8 Å². The van der Waals surface area contributed by atoms with E-state index >= 15 is 0 Å². The number of nitrogens with two attached hydrogens (primary N) is 1. The van der Waals surface area contributed by atoms with Gasteiger partial charge in [0.15, 0.2) is 0 Å². The summed E-state index contributed by atoms with van der Waals surface area (Å²) in [6.07, 6.45) is 3.31. The molecule has 0 spiro atoms. The zero-order valence-corrected chi connectivity index (χ0v) is 15.8. The molecule has 0 aliphatic rings. The van der Waals surface area contributed by atoms with Crippen LogP contribution in [0.25, 0.3) is 0 Å². The summed E-state index contributed by atoms with van der Waals surface area (Å²) >= 11 is 1.70. The van der Waals surface area contributed by atoms with Crippen molar-refractivity contribution in [3.05, 3.63) is 47.7 Å². The van der Waals surface area contributed by atoms with Gasteiger partial charge in [-0.15, -0.1) is 19.4 Å². The lowest BCUT2D eigenvalue weighted by atomic mass is 10.1. The molecular formula is C16H23N4O2PS. The second-order valence-corrected chi connectivity index (χ2v) is 7.13. The molecule has 3 atom stereocenters. The van der Waals surface area contributed by atoms with Gasteiger partial charge in [0, 0.05) is 5.56 Å². The van der Waals surface area contributed by atoms with Crippen molar-refractivity contribution >= 4 is 26.9 Å². The van der Waals surface area contributed by atoms with Crippen molar-refractivity contribution in [3.63, 3.8) is 0 Å². The predicted octanol–water partition coefficient (Wildman–Crippen LogP) is 2.34. The van der Waals surface area contributed by atoms with Crippen molar-refractivity contribution < 1.29 is 9.21 Å². The molecule has 1 aromatic heterocycles. The van der Waals surface area contributed by atoms with Gasteiger partial charge < -0.3 is 15.5 Å². The van der Waals surface area contributed by atoms with Gasteiger partial charge in [0.05, 0.1) is 5.54 Å². The molecule has 3 N–H and O–H groups in total. The van der Waals surface area contributed by atoms with E-state index in [1.807, 2.05) is 31.4 Å². The number of carbonyl (C=O) groups excluding carboxylic acids is 1. The summed E-state index contributed by atoms with van der Waals surface area (Å²) in [5, 5.41) is 11.1. The Bertz CT molecular complexity index is 663. The van der Waals surface area contributed by atoms with E-state index in [1.165, 1.54) is 0 Å². The second-order valence-electron chi connectivity index (χ2n) is 5.74. The largest absolute Gasteiger partial charge is 0.421 e. The highest BCUT2D eigenvalue weighted by Gasteiger charge is 2.28. The molecule has 0 saturated carbocycles. The number of carbonyl (C=O) groups is 1. The van der Waals surface area contributed by atoms with Crippen LogP contribution < -0.4 is 11.1 Å². The third-order valence-corrected chi connectivity index (χ3v) is 5.10. The van der Waals surface area contributed by atoms with Crippen molar-refractivity contribution in [3.8, 4) is 0 Å². The smallest absolute Gasteiger partial charge is 0.251 e. The van der Waals surface area contributed by atoms with Crippen molar-refractivity contribution in [2.45, 2.75) is 24.9 Å².